The fourth-order valence-corrected chi connectivity index (χ4v) is 1.28. The van der Waals surface area contributed by atoms with Gasteiger partial charge in [-0.05, 0) is 12.1 Å². The maximum Gasteiger partial charge on any atom is 0.265 e. The summed E-state index contributed by atoms with van der Waals surface area (Å²) < 4.78 is 24.9. The number of anilines is 1. The van der Waals surface area contributed by atoms with Crippen molar-refractivity contribution in [3.8, 4) is 0 Å². The van der Waals surface area contributed by atoms with E-state index in [0.717, 1.165) is 0 Å². The van der Waals surface area contributed by atoms with Crippen LogP contribution in [0.3, 0.4) is 0 Å². The van der Waals surface area contributed by atoms with Gasteiger partial charge >= 0.3 is 0 Å². The molecule has 0 aliphatic carbocycles. The lowest BCUT2D eigenvalue weighted by Gasteiger charge is -2.02. The summed E-state index contributed by atoms with van der Waals surface area (Å²) in [6.07, 6.45) is -1.07. The highest BCUT2D eigenvalue weighted by Crippen LogP contribution is 2.28. The Morgan fingerprint density at radius 3 is 2.85 bits per heavy atom. The quantitative estimate of drug-likeness (QED) is 0.665. The smallest absolute Gasteiger partial charge is 0.265 e. The highest BCUT2D eigenvalue weighted by molar-refractivity contribution is 5.84. The molecular weight excluding hydrogens is 176 g/mol. The summed E-state index contributed by atoms with van der Waals surface area (Å²) in [7, 11) is 0. The van der Waals surface area contributed by atoms with E-state index in [2.05, 4.69) is 10.2 Å². The van der Waals surface area contributed by atoms with Crippen LogP contribution in [0, 0.1) is 0 Å². The van der Waals surface area contributed by atoms with Crippen molar-refractivity contribution in [2.75, 3.05) is 5.73 Å². The number of hydrogen-bond acceptors (Lipinski definition) is 2. The number of halogens is 2. The molecule has 1 aromatic heterocycles. The van der Waals surface area contributed by atoms with E-state index in [4.69, 9.17) is 5.73 Å². The van der Waals surface area contributed by atoms with Crippen LogP contribution in [0.1, 0.15) is 12.0 Å². The van der Waals surface area contributed by atoms with Crippen LogP contribution >= 0.6 is 0 Å². The van der Waals surface area contributed by atoms with Crippen molar-refractivity contribution in [2.24, 2.45) is 0 Å². The molecule has 1 heterocycles. The molecule has 5 heteroatoms. The molecule has 0 radical (unpaired) electrons. The summed E-state index contributed by atoms with van der Waals surface area (Å²) >= 11 is 0. The molecule has 0 fully saturated rings. The summed E-state index contributed by atoms with van der Waals surface area (Å²) in [6.45, 7) is 0. The molecule has 0 spiro atoms. The van der Waals surface area contributed by atoms with Crippen molar-refractivity contribution >= 4 is 16.6 Å². The standard InChI is InChI=1S/C8H7F2N3/c9-8(10)6-2-5(11)1-4-3-12-13-7(4)6/h1-3,8H,11H2,(H,12,13). The molecule has 0 aliphatic rings. The second-order valence-corrected chi connectivity index (χ2v) is 2.75. The molecule has 13 heavy (non-hydrogen) atoms. The number of rotatable bonds is 1. The Kier molecular flexibility index (Phi) is 1.65. The van der Waals surface area contributed by atoms with E-state index in [1.54, 1.807) is 6.07 Å². The molecule has 0 bridgehead atoms. The van der Waals surface area contributed by atoms with Gasteiger partial charge in [-0.25, -0.2) is 8.78 Å². The highest BCUT2D eigenvalue weighted by Gasteiger charge is 2.13. The predicted octanol–water partition coefficient (Wildman–Crippen LogP) is 2.08. The number of H-pyrrole nitrogens is 1. The molecule has 0 unspecified atom stereocenters. The minimum Gasteiger partial charge on any atom is -0.399 e. The molecule has 2 aromatic rings. The molecule has 0 amide bonds. The summed E-state index contributed by atoms with van der Waals surface area (Å²) in [5, 5.41) is 6.79. The number of nitrogen functional groups attached to an aromatic ring is 1. The van der Waals surface area contributed by atoms with Gasteiger partial charge in [0.05, 0.1) is 11.7 Å². The molecule has 0 saturated carbocycles. The van der Waals surface area contributed by atoms with Crippen LogP contribution < -0.4 is 5.73 Å². The number of nitrogens with one attached hydrogen (secondary N) is 1. The van der Waals surface area contributed by atoms with Gasteiger partial charge in [0, 0.05) is 16.6 Å². The van der Waals surface area contributed by atoms with Gasteiger partial charge in [0.15, 0.2) is 0 Å². The minimum absolute atomic E-state index is 0.104. The van der Waals surface area contributed by atoms with Crippen molar-refractivity contribution < 1.29 is 8.78 Å². The molecule has 1 aromatic carbocycles. The van der Waals surface area contributed by atoms with Crippen LogP contribution in [-0.4, -0.2) is 10.2 Å². The number of benzene rings is 1. The number of aromatic amines is 1. The zero-order valence-electron chi connectivity index (χ0n) is 6.59. The molecule has 2 rings (SSSR count). The minimum atomic E-state index is -2.54. The van der Waals surface area contributed by atoms with E-state index >= 15 is 0 Å². The van der Waals surface area contributed by atoms with Gasteiger partial charge in [0.25, 0.3) is 6.43 Å². The Hall–Kier alpha value is -1.65. The van der Waals surface area contributed by atoms with Gasteiger partial charge in [-0.2, -0.15) is 5.10 Å². The monoisotopic (exact) mass is 183 g/mol. The van der Waals surface area contributed by atoms with Crippen LogP contribution in [0.4, 0.5) is 14.5 Å². The molecular formula is C8H7F2N3. The number of nitrogens with zero attached hydrogens (tertiary/aromatic N) is 1. The second-order valence-electron chi connectivity index (χ2n) is 2.75. The van der Waals surface area contributed by atoms with Gasteiger partial charge in [-0.3, -0.25) is 5.10 Å². The summed E-state index contributed by atoms with van der Waals surface area (Å²) in [5.41, 5.74) is 6.02. The van der Waals surface area contributed by atoms with E-state index in [1.807, 2.05) is 0 Å². The maximum absolute atomic E-state index is 12.5. The van der Waals surface area contributed by atoms with Gasteiger partial charge in [0.2, 0.25) is 0 Å². The normalized spacial score (nSPS) is 11.3. The van der Waals surface area contributed by atoms with Gasteiger partial charge in [0.1, 0.15) is 0 Å². The highest BCUT2D eigenvalue weighted by atomic mass is 19.3. The Bertz CT molecular complexity index is 436. The molecule has 0 aliphatic heterocycles. The zero-order chi connectivity index (χ0) is 9.42. The summed E-state index contributed by atoms with van der Waals surface area (Å²) in [6, 6.07) is 2.86. The predicted molar refractivity (Wildman–Crippen MR) is 45.5 cm³/mol. The lowest BCUT2D eigenvalue weighted by Crippen LogP contribution is -1.91. The van der Waals surface area contributed by atoms with Crippen LogP contribution in [0.25, 0.3) is 10.9 Å². The topological polar surface area (TPSA) is 54.7 Å². The van der Waals surface area contributed by atoms with Crippen molar-refractivity contribution in [1.29, 1.82) is 0 Å². The van der Waals surface area contributed by atoms with Crippen LogP contribution in [0.2, 0.25) is 0 Å². The third-order valence-electron chi connectivity index (χ3n) is 1.84. The average molecular weight is 183 g/mol. The van der Waals surface area contributed by atoms with Gasteiger partial charge < -0.3 is 5.73 Å². The van der Waals surface area contributed by atoms with Crippen LogP contribution in [-0.2, 0) is 0 Å². The molecule has 3 nitrogen and oxygen atoms in total. The first-order chi connectivity index (χ1) is 6.18. The first kappa shape index (κ1) is 7.97. The molecule has 0 atom stereocenters. The number of nitrogens with two attached hydrogens (primary N) is 1. The van der Waals surface area contributed by atoms with Crippen molar-refractivity contribution in [2.45, 2.75) is 6.43 Å². The van der Waals surface area contributed by atoms with Gasteiger partial charge in [-0.1, -0.05) is 0 Å². The third-order valence-corrected chi connectivity index (χ3v) is 1.84. The largest absolute Gasteiger partial charge is 0.399 e. The van der Waals surface area contributed by atoms with E-state index in [9.17, 15) is 8.78 Å². The number of fused-ring (bicyclic) bond motifs is 1. The van der Waals surface area contributed by atoms with Crippen molar-refractivity contribution in [3.05, 3.63) is 23.9 Å². The zero-order valence-corrected chi connectivity index (χ0v) is 6.59. The van der Waals surface area contributed by atoms with Crippen LogP contribution in [0.5, 0.6) is 0 Å². The Morgan fingerprint density at radius 1 is 1.38 bits per heavy atom. The fraction of sp³-hybridized carbons (Fsp3) is 0.125. The second kappa shape index (κ2) is 2.69. The first-order valence-corrected chi connectivity index (χ1v) is 3.69. The number of alkyl halides is 2. The maximum atomic E-state index is 12.5. The Balaban J connectivity index is 2.77. The lowest BCUT2D eigenvalue weighted by molar-refractivity contribution is 0.153. The van der Waals surface area contributed by atoms with Crippen molar-refractivity contribution in [1.82, 2.24) is 10.2 Å². The van der Waals surface area contributed by atoms with E-state index < -0.39 is 6.43 Å². The Labute approximate surface area is 72.5 Å². The summed E-state index contributed by atoms with van der Waals surface area (Å²) in [4.78, 5) is 0. The summed E-state index contributed by atoms with van der Waals surface area (Å²) in [5.74, 6) is 0. The van der Waals surface area contributed by atoms with E-state index in [-0.39, 0.29) is 5.56 Å². The SMILES string of the molecule is Nc1cc(C(F)F)c2[nH]ncc2c1. The number of aromatic nitrogens is 2. The van der Waals surface area contributed by atoms with E-state index in [1.165, 1.54) is 12.3 Å². The fourth-order valence-electron chi connectivity index (χ4n) is 1.28. The van der Waals surface area contributed by atoms with Crippen LogP contribution in [0.15, 0.2) is 18.3 Å². The Morgan fingerprint density at radius 2 is 2.15 bits per heavy atom. The first-order valence-electron chi connectivity index (χ1n) is 3.69. The molecule has 0 saturated heterocycles. The lowest BCUT2D eigenvalue weighted by atomic mass is 10.1. The average Bonchev–Trinajstić information content (AvgIpc) is 2.49. The molecule has 3 N–H and O–H groups in total. The third kappa shape index (κ3) is 1.22. The van der Waals surface area contributed by atoms with E-state index in [0.29, 0.717) is 16.6 Å². The van der Waals surface area contributed by atoms with Crippen molar-refractivity contribution in [3.63, 3.8) is 0 Å². The number of hydrogen-bond donors (Lipinski definition) is 2. The van der Waals surface area contributed by atoms with Gasteiger partial charge in [-0.15, -0.1) is 0 Å². The molecule has 68 valence electrons.